The standard InChI is InChI=1S/C15H20ClN3O/c1-10(13-8-17-19(3)9-13)18-11(2)15(20)12-4-6-14(16)7-5-12/h4-11,15,18,20H,1-3H3. The van der Waals surface area contributed by atoms with Gasteiger partial charge in [-0.2, -0.15) is 5.10 Å². The number of aliphatic hydroxyl groups is 1. The summed E-state index contributed by atoms with van der Waals surface area (Å²) >= 11 is 5.86. The summed E-state index contributed by atoms with van der Waals surface area (Å²) in [5.74, 6) is 0. The third kappa shape index (κ3) is 3.60. The van der Waals surface area contributed by atoms with E-state index in [1.165, 1.54) is 0 Å². The van der Waals surface area contributed by atoms with Crippen molar-refractivity contribution in [2.75, 3.05) is 0 Å². The van der Waals surface area contributed by atoms with Crippen molar-refractivity contribution in [3.8, 4) is 0 Å². The summed E-state index contributed by atoms with van der Waals surface area (Å²) in [4.78, 5) is 0. The Balaban J connectivity index is 2.00. The molecular weight excluding hydrogens is 274 g/mol. The zero-order valence-electron chi connectivity index (χ0n) is 11.9. The van der Waals surface area contributed by atoms with Crippen molar-refractivity contribution in [3.63, 3.8) is 0 Å². The fourth-order valence-electron chi connectivity index (χ4n) is 2.19. The molecule has 0 fully saturated rings. The molecule has 0 saturated heterocycles. The van der Waals surface area contributed by atoms with Gasteiger partial charge >= 0.3 is 0 Å². The summed E-state index contributed by atoms with van der Waals surface area (Å²) in [6.07, 6.45) is 3.23. The monoisotopic (exact) mass is 293 g/mol. The number of rotatable bonds is 5. The molecule has 108 valence electrons. The Labute approximate surface area is 124 Å². The van der Waals surface area contributed by atoms with E-state index >= 15 is 0 Å². The van der Waals surface area contributed by atoms with Gasteiger partial charge < -0.3 is 10.4 Å². The molecule has 4 nitrogen and oxygen atoms in total. The second kappa shape index (κ2) is 6.39. The quantitative estimate of drug-likeness (QED) is 0.891. The minimum atomic E-state index is -0.577. The zero-order valence-corrected chi connectivity index (χ0v) is 12.7. The summed E-state index contributed by atoms with van der Waals surface area (Å²) in [7, 11) is 1.89. The Bertz CT molecular complexity index is 553. The normalized spacial score (nSPS) is 15.8. The van der Waals surface area contributed by atoms with Crippen LogP contribution in [0.2, 0.25) is 5.02 Å². The van der Waals surface area contributed by atoms with Crippen molar-refractivity contribution < 1.29 is 5.11 Å². The number of aryl methyl sites for hydroxylation is 1. The van der Waals surface area contributed by atoms with E-state index in [-0.39, 0.29) is 12.1 Å². The van der Waals surface area contributed by atoms with E-state index in [0.29, 0.717) is 5.02 Å². The Kier molecular flexibility index (Phi) is 4.81. The van der Waals surface area contributed by atoms with E-state index in [2.05, 4.69) is 17.3 Å². The number of nitrogens with zero attached hydrogens (tertiary/aromatic N) is 2. The smallest absolute Gasteiger partial charge is 0.0940 e. The average Bonchev–Trinajstić information content (AvgIpc) is 2.85. The Hall–Kier alpha value is -1.36. The first kappa shape index (κ1) is 15.0. The number of benzene rings is 1. The summed E-state index contributed by atoms with van der Waals surface area (Å²) in [6, 6.07) is 7.32. The minimum absolute atomic E-state index is 0.0774. The van der Waals surface area contributed by atoms with Gasteiger partial charge in [0.1, 0.15) is 0 Å². The molecule has 0 amide bonds. The highest BCUT2D eigenvalue weighted by Crippen LogP contribution is 2.21. The van der Waals surface area contributed by atoms with Crippen LogP contribution in [0.25, 0.3) is 0 Å². The fraction of sp³-hybridized carbons (Fsp3) is 0.400. The molecule has 0 spiro atoms. The van der Waals surface area contributed by atoms with Crippen molar-refractivity contribution in [1.29, 1.82) is 0 Å². The maximum absolute atomic E-state index is 10.4. The van der Waals surface area contributed by atoms with E-state index < -0.39 is 6.10 Å². The molecule has 0 aliphatic carbocycles. The first-order valence-electron chi connectivity index (χ1n) is 6.65. The van der Waals surface area contributed by atoms with Crippen LogP contribution >= 0.6 is 11.6 Å². The second-order valence-corrected chi connectivity index (χ2v) is 5.56. The molecule has 3 unspecified atom stereocenters. The second-order valence-electron chi connectivity index (χ2n) is 5.12. The lowest BCUT2D eigenvalue weighted by Gasteiger charge is -2.24. The van der Waals surface area contributed by atoms with E-state index in [0.717, 1.165) is 11.1 Å². The fourth-order valence-corrected chi connectivity index (χ4v) is 2.32. The summed E-state index contributed by atoms with van der Waals surface area (Å²) < 4.78 is 1.77. The number of aliphatic hydroxyl groups excluding tert-OH is 1. The molecule has 20 heavy (non-hydrogen) atoms. The van der Waals surface area contributed by atoms with Crippen LogP contribution in [0.4, 0.5) is 0 Å². The number of hydrogen-bond acceptors (Lipinski definition) is 3. The predicted molar refractivity (Wildman–Crippen MR) is 80.6 cm³/mol. The predicted octanol–water partition coefficient (Wildman–Crippen LogP) is 2.85. The van der Waals surface area contributed by atoms with Gasteiger partial charge in [-0.15, -0.1) is 0 Å². The molecule has 5 heteroatoms. The van der Waals surface area contributed by atoms with Gasteiger partial charge in [0.2, 0.25) is 0 Å². The van der Waals surface area contributed by atoms with Crippen LogP contribution in [0.15, 0.2) is 36.7 Å². The minimum Gasteiger partial charge on any atom is -0.387 e. The topological polar surface area (TPSA) is 50.1 Å². The van der Waals surface area contributed by atoms with E-state index in [1.54, 1.807) is 16.8 Å². The number of nitrogens with one attached hydrogen (secondary N) is 1. The van der Waals surface area contributed by atoms with Gasteiger partial charge in [-0.3, -0.25) is 4.68 Å². The molecule has 0 aliphatic heterocycles. The molecule has 2 N–H and O–H groups in total. The molecular formula is C15H20ClN3O. The maximum atomic E-state index is 10.4. The molecule has 1 aromatic heterocycles. The largest absolute Gasteiger partial charge is 0.387 e. The van der Waals surface area contributed by atoms with Crippen LogP contribution in [0.5, 0.6) is 0 Å². The zero-order chi connectivity index (χ0) is 14.7. The average molecular weight is 294 g/mol. The van der Waals surface area contributed by atoms with Gasteiger partial charge in [-0.1, -0.05) is 23.7 Å². The van der Waals surface area contributed by atoms with Gasteiger partial charge in [0.25, 0.3) is 0 Å². The van der Waals surface area contributed by atoms with Crippen LogP contribution in [0, 0.1) is 0 Å². The molecule has 0 bridgehead atoms. The molecule has 1 heterocycles. The Morgan fingerprint density at radius 2 is 1.85 bits per heavy atom. The highest BCUT2D eigenvalue weighted by atomic mass is 35.5. The SMILES string of the molecule is CC(NC(C)C(O)c1ccc(Cl)cc1)c1cnn(C)c1. The molecule has 3 atom stereocenters. The van der Waals surface area contributed by atoms with Gasteiger partial charge in [-0.25, -0.2) is 0 Å². The van der Waals surface area contributed by atoms with Crippen molar-refractivity contribution in [3.05, 3.63) is 52.8 Å². The number of hydrogen-bond donors (Lipinski definition) is 2. The molecule has 2 rings (SSSR count). The molecule has 2 aromatic rings. The van der Waals surface area contributed by atoms with Crippen molar-refractivity contribution in [1.82, 2.24) is 15.1 Å². The molecule has 1 aromatic carbocycles. The lowest BCUT2D eigenvalue weighted by molar-refractivity contribution is 0.130. The third-order valence-corrected chi connectivity index (χ3v) is 3.67. The van der Waals surface area contributed by atoms with Crippen LogP contribution in [-0.2, 0) is 7.05 Å². The van der Waals surface area contributed by atoms with Gasteiger partial charge in [0, 0.05) is 35.9 Å². The van der Waals surface area contributed by atoms with Gasteiger partial charge in [0.05, 0.1) is 12.3 Å². The van der Waals surface area contributed by atoms with E-state index in [9.17, 15) is 5.11 Å². The lowest BCUT2D eigenvalue weighted by atomic mass is 10.0. The van der Waals surface area contributed by atoms with Crippen molar-refractivity contribution >= 4 is 11.6 Å². The van der Waals surface area contributed by atoms with Crippen LogP contribution in [-0.4, -0.2) is 20.9 Å². The number of halogens is 1. The van der Waals surface area contributed by atoms with Crippen molar-refractivity contribution in [2.45, 2.75) is 32.0 Å². The van der Waals surface area contributed by atoms with E-state index in [1.807, 2.05) is 38.5 Å². The molecule has 0 saturated carbocycles. The highest BCUT2D eigenvalue weighted by Gasteiger charge is 2.19. The van der Waals surface area contributed by atoms with Crippen LogP contribution < -0.4 is 5.32 Å². The summed E-state index contributed by atoms with van der Waals surface area (Å²) in [6.45, 7) is 4.02. The molecule has 0 radical (unpaired) electrons. The first-order valence-corrected chi connectivity index (χ1v) is 7.03. The highest BCUT2D eigenvalue weighted by molar-refractivity contribution is 6.30. The number of aromatic nitrogens is 2. The lowest BCUT2D eigenvalue weighted by Crippen LogP contribution is -2.34. The summed E-state index contributed by atoms with van der Waals surface area (Å²) in [5.41, 5.74) is 1.95. The Morgan fingerprint density at radius 1 is 1.20 bits per heavy atom. The third-order valence-electron chi connectivity index (χ3n) is 3.42. The van der Waals surface area contributed by atoms with E-state index in [4.69, 9.17) is 11.6 Å². The van der Waals surface area contributed by atoms with Crippen LogP contribution in [0.3, 0.4) is 0 Å². The van der Waals surface area contributed by atoms with Gasteiger partial charge in [0.15, 0.2) is 0 Å². The van der Waals surface area contributed by atoms with Gasteiger partial charge in [-0.05, 0) is 31.5 Å². The van der Waals surface area contributed by atoms with Crippen LogP contribution in [0.1, 0.15) is 37.1 Å². The Morgan fingerprint density at radius 3 is 2.40 bits per heavy atom. The first-order chi connectivity index (χ1) is 9.47. The maximum Gasteiger partial charge on any atom is 0.0940 e. The summed E-state index contributed by atoms with van der Waals surface area (Å²) in [5, 5.41) is 18.6. The van der Waals surface area contributed by atoms with Crippen molar-refractivity contribution in [2.24, 2.45) is 7.05 Å². The molecule has 0 aliphatic rings.